The molecule has 0 fully saturated rings. The molecule has 0 amide bonds. The van der Waals surface area contributed by atoms with E-state index in [1.54, 1.807) is 0 Å². The maximum Gasteiger partial charge on any atom is 0.139 e. The maximum atomic E-state index is 6.27. The minimum absolute atomic E-state index is 0.0430. The lowest BCUT2D eigenvalue weighted by atomic mass is 9.84. The zero-order chi connectivity index (χ0) is 16.0. The summed E-state index contributed by atoms with van der Waals surface area (Å²) in [5.41, 5.74) is 5.73. The highest BCUT2D eigenvalue weighted by atomic mass is 16.3. The molecule has 0 saturated carbocycles. The molecule has 114 valence electrons. The number of fused-ring (bicyclic) bond motifs is 3. The van der Waals surface area contributed by atoms with Gasteiger partial charge in [0.1, 0.15) is 11.2 Å². The topological polar surface area (TPSA) is 13.1 Å². The molecule has 3 aromatic carbocycles. The van der Waals surface area contributed by atoms with E-state index in [1.165, 1.54) is 27.5 Å². The van der Waals surface area contributed by atoms with Gasteiger partial charge in [0.25, 0.3) is 0 Å². The Balaban J connectivity index is 2.17. The van der Waals surface area contributed by atoms with Crippen molar-refractivity contribution in [3.05, 3.63) is 72.3 Å². The van der Waals surface area contributed by atoms with Crippen molar-refractivity contribution in [1.82, 2.24) is 0 Å². The van der Waals surface area contributed by atoms with Crippen molar-refractivity contribution < 1.29 is 4.42 Å². The first-order chi connectivity index (χ1) is 11.1. The number of benzene rings is 3. The van der Waals surface area contributed by atoms with E-state index in [2.05, 4.69) is 81.4 Å². The average Bonchev–Trinajstić information content (AvgIpc) is 2.93. The molecule has 0 aliphatic rings. The number of para-hydroxylation sites is 1. The van der Waals surface area contributed by atoms with E-state index in [-0.39, 0.29) is 5.41 Å². The van der Waals surface area contributed by atoms with Crippen LogP contribution in [0.4, 0.5) is 0 Å². The summed E-state index contributed by atoms with van der Waals surface area (Å²) in [6.07, 6.45) is 0. The molecular formula is C22H20O. The van der Waals surface area contributed by atoms with Crippen molar-refractivity contribution >= 4 is 21.9 Å². The predicted molar refractivity (Wildman–Crippen MR) is 97.9 cm³/mol. The van der Waals surface area contributed by atoms with E-state index in [1.807, 2.05) is 6.07 Å². The second-order valence-electron chi connectivity index (χ2n) is 7.08. The molecule has 0 spiro atoms. The van der Waals surface area contributed by atoms with Gasteiger partial charge in [0.15, 0.2) is 0 Å². The lowest BCUT2D eigenvalue weighted by molar-refractivity contribution is 0.573. The largest absolute Gasteiger partial charge is 0.456 e. The molecule has 1 aromatic heterocycles. The smallest absolute Gasteiger partial charge is 0.139 e. The van der Waals surface area contributed by atoms with E-state index < -0.39 is 0 Å². The second kappa shape index (κ2) is 4.99. The number of rotatable bonds is 1. The van der Waals surface area contributed by atoms with E-state index in [4.69, 9.17) is 4.42 Å². The summed E-state index contributed by atoms with van der Waals surface area (Å²) < 4.78 is 6.27. The molecule has 23 heavy (non-hydrogen) atoms. The lowest BCUT2D eigenvalue weighted by Crippen LogP contribution is -2.11. The van der Waals surface area contributed by atoms with Crippen LogP contribution in [-0.2, 0) is 5.41 Å². The van der Waals surface area contributed by atoms with Crippen LogP contribution in [0, 0.1) is 0 Å². The van der Waals surface area contributed by atoms with Crippen LogP contribution in [0.3, 0.4) is 0 Å². The molecular weight excluding hydrogens is 280 g/mol. The van der Waals surface area contributed by atoms with Crippen LogP contribution in [0.2, 0.25) is 0 Å². The zero-order valence-electron chi connectivity index (χ0n) is 13.8. The summed E-state index contributed by atoms with van der Waals surface area (Å²) >= 11 is 0. The number of furan rings is 1. The molecule has 4 aromatic rings. The lowest BCUT2D eigenvalue weighted by Gasteiger charge is -2.20. The van der Waals surface area contributed by atoms with Gasteiger partial charge >= 0.3 is 0 Å². The summed E-state index contributed by atoms with van der Waals surface area (Å²) in [6, 6.07) is 23.3. The molecule has 1 nitrogen and oxygen atoms in total. The molecule has 0 aliphatic heterocycles. The minimum Gasteiger partial charge on any atom is -0.456 e. The maximum absolute atomic E-state index is 6.27. The standard InChI is InChI=1S/C22H20O/c1-22(2,3)18-14-13-16(15-9-5-4-6-10-15)20-17-11-7-8-12-19(17)23-21(18)20/h4-14H,1-3H3. The monoisotopic (exact) mass is 300 g/mol. The second-order valence-corrected chi connectivity index (χ2v) is 7.08. The number of hydrogen-bond donors (Lipinski definition) is 0. The summed E-state index contributed by atoms with van der Waals surface area (Å²) in [4.78, 5) is 0. The van der Waals surface area contributed by atoms with Gasteiger partial charge in [-0.05, 0) is 22.6 Å². The highest BCUT2D eigenvalue weighted by Crippen LogP contribution is 2.41. The SMILES string of the molecule is CC(C)(C)c1ccc(-c2ccccc2)c2c1oc1ccccc12. The molecule has 1 heterocycles. The Morgan fingerprint density at radius 1 is 0.739 bits per heavy atom. The first-order valence-corrected chi connectivity index (χ1v) is 8.06. The Kier molecular flexibility index (Phi) is 3.05. The van der Waals surface area contributed by atoms with Crippen LogP contribution in [0.5, 0.6) is 0 Å². The van der Waals surface area contributed by atoms with E-state index in [9.17, 15) is 0 Å². The third-order valence-electron chi connectivity index (χ3n) is 4.42. The third-order valence-corrected chi connectivity index (χ3v) is 4.42. The van der Waals surface area contributed by atoms with Crippen molar-refractivity contribution in [2.75, 3.05) is 0 Å². The zero-order valence-corrected chi connectivity index (χ0v) is 13.8. The fraction of sp³-hybridized carbons (Fsp3) is 0.182. The molecule has 1 heteroatoms. The molecule has 0 radical (unpaired) electrons. The van der Waals surface area contributed by atoms with Crippen molar-refractivity contribution in [3.63, 3.8) is 0 Å². The molecule has 4 rings (SSSR count). The highest BCUT2D eigenvalue weighted by molar-refractivity contribution is 6.13. The molecule has 0 unspecified atom stereocenters. The molecule has 0 aliphatic carbocycles. The van der Waals surface area contributed by atoms with Gasteiger partial charge in [-0.2, -0.15) is 0 Å². The fourth-order valence-corrected chi connectivity index (χ4v) is 3.28. The normalized spacial score (nSPS) is 12.1. The highest BCUT2D eigenvalue weighted by Gasteiger charge is 2.22. The average molecular weight is 300 g/mol. The first-order valence-electron chi connectivity index (χ1n) is 8.06. The van der Waals surface area contributed by atoms with Crippen LogP contribution in [-0.4, -0.2) is 0 Å². The van der Waals surface area contributed by atoms with Crippen LogP contribution in [0.25, 0.3) is 33.1 Å². The van der Waals surface area contributed by atoms with E-state index in [0.717, 1.165) is 11.2 Å². The van der Waals surface area contributed by atoms with Gasteiger partial charge in [0, 0.05) is 16.3 Å². The van der Waals surface area contributed by atoms with Crippen molar-refractivity contribution in [2.24, 2.45) is 0 Å². The number of hydrogen-bond acceptors (Lipinski definition) is 1. The first kappa shape index (κ1) is 14.1. The summed E-state index contributed by atoms with van der Waals surface area (Å²) in [5.74, 6) is 0. The Bertz CT molecular complexity index is 985. The fourth-order valence-electron chi connectivity index (χ4n) is 3.28. The van der Waals surface area contributed by atoms with Gasteiger partial charge in [-0.1, -0.05) is 81.4 Å². The van der Waals surface area contributed by atoms with Crippen molar-refractivity contribution in [2.45, 2.75) is 26.2 Å². The molecule has 0 saturated heterocycles. The van der Waals surface area contributed by atoms with Gasteiger partial charge in [0.05, 0.1) is 0 Å². The van der Waals surface area contributed by atoms with Gasteiger partial charge in [0.2, 0.25) is 0 Å². The summed E-state index contributed by atoms with van der Waals surface area (Å²) in [5, 5.41) is 2.41. The van der Waals surface area contributed by atoms with Crippen molar-refractivity contribution in [3.8, 4) is 11.1 Å². The Morgan fingerprint density at radius 3 is 2.17 bits per heavy atom. The minimum atomic E-state index is 0.0430. The van der Waals surface area contributed by atoms with Crippen LogP contribution in [0.15, 0.2) is 71.1 Å². The van der Waals surface area contributed by atoms with Crippen LogP contribution < -0.4 is 0 Å². The van der Waals surface area contributed by atoms with Crippen LogP contribution >= 0.6 is 0 Å². The Morgan fingerprint density at radius 2 is 1.43 bits per heavy atom. The molecule has 0 atom stereocenters. The van der Waals surface area contributed by atoms with E-state index in [0.29, 0.717) is 0 Å². The summed E-state index contributed by atoms with van der Waals surface area (Å²) in [7, 11) is 0. The predicted octanol–water partition coefficient (Wildman–Crippen LogP) is 6.55. The Hall–Kier alpha value is -2.54. The van der Waals surface area contributed by atoms with Crippen LogP contribution in [0.1, 0.15) is 26.3 Å². The quantitative estimate of drug-likeness (QED) is 0.388. The van der Waals surface area contributed by atoms with Gasteiger partial charge in [-0.25, -0.2) is 0 Å². The van der Waals surface area contributed by atoms with E-state index >= 15 is 0 Å². The van der Waals surface area contributed by atoms with Gasteiger partial charge in [-0.15, -0.1) is 0 Å². The van der Waals surface area contributed by atoms with Crippen molar-refractivity contribution in [1.29, 1.82) is 0 Å². The summed E-state index contributed by atoms with van der Waals surface area (Å²) in [6.45, 7) is 6.70. The van der Waals surface area contributed by atoms with Gasteiger partial charge in [-0.3, -0.25) is 0 Å². The van der Waals surface area contributed by atoms with Gasteiger partial charge < -0.3 is 4.42 Å². The Labute approximate surface area is 136 Å². The molecule has 0 bridgehead atoms. The third kappa shape index (κ3) is 2.24. The molecule has 0 N–H and O–H groups in total.